The highest BCUT2D eigenvalue weighted by molar-refractivity contribution is 7.92. The summed E-state index contributed by atoms with van der Waals surface area (Å²) in [5.41, 5.74) is 1.10. The highest BCUT2D eigenvalue weighted by Crippen LogP contribution is 2.22. The molecule has 0 aliphatic carbocycles. The quantitative estimate of drug-likeness (QED) is 0.717. The van der Waals surface area contributed by atoms with Gasteiger partial charge in [-0.1, -0.05) is 31.5 Å². The third kappa shape index (κ3) is 5.29. The summed E-state index contributed by atoms with van der Waals surface area (Å²) in [7, 11) is -3.62. The van der Waals surface area contributed by atoms with Gasteiger partial charge in [0.1, 0.15) is 5.82 Å². The maximum absolute atomic E-state index is 13.9. The molecule has 1 N–H and O–H groups in total. The molecule has 0 fully saturated rings. The molecule has 0 aliphatic heterocycles. The molecule has 0 aliphatic rings. The first kappa shape index (κ1) is 19.9. The minimum atomic E-state index is -3.62. The summed E-state index contributed by atoms with van der Waals surface area (Å²) in [5.74, 6) is -0.668. The SMILES string of the molecule is CCCCNC(=O)c1ccc(N(Cc2ccccc2F)S(C)(=O)=O)cc1. The molecule has 0 spiro atoms. The van der Waals surface area contributed by atoms with E-state index in [0.717, 1.165) is 23.4 Å². The summed E-state index contributed by atoms with van der Waals surface area (Å²) in [6.07, 6.45) is 2.95. The maximum atomic E-state index is 13.9. The molecule has 0 heterocycles. The number of amides is 1. The molecule has 0 saturated carbocycles. The first-order chi connectivity index (χ1) is 12.3. The lowest BCUT2D eigenvalue weighted by Gasteiger charge is -2.23. The van der Waals surface area contributed by atoms with Crippen LogP contribution in [0.5, 0.6) is 0 Å². The molecule has 140 valence electrons. The van der Waals surface area contributed by atoms with Gasteiger partial charge in [-0.3, -0.25) is 9.10 Å². The van der Waals surface area contributed by atoms with E-state index in [0.29, 0.717) is 17.8 Å². The smallest absolute Gasteiger partial charge is 0.251 e. The van der Waals surface area contributed by atoms with Crippen LogP contribution in [0.2, 0.25) is 0 Å². The van der Waals surface area contributed by atoms with Gasteiger partial charge < -0.3 is 5.32 Å². The van der Waals surface area contributed by atoms with E-state index >= 15 is 0 Å². The van der Waals surface area contributed by atoms with Crippen molar-refractivity contribution in [2.75, 3.05) is 17.1 Å². The van der Waals surface area contributed by atoms with Crippen molar-refractivity contribution < 1.29 is 17.6 Å². The van der Waals surface area contributed by atoms with E-state index < -0.39 is 15.8 Å². The van der Waals surface area contributed by atoms with Crippen LogP contribution in [0, 0.1) is 5.82 Å². The zero-order valence-corrected chi connectivity index (χ0v) is 15.7. The number of halogens is 1. The van der Waals surface area contributed by atoms with Gasteiger partial charge in [0.25, 0.3) is 5.91 Å². The molecular weight excluding hydrogens is 355 g/mol. The summed E-state index contributed by atoms with van der Waals surface area (Å²) in [6, 6.07) is 12.3. The lowest BCUT2D eigenvalue weighted by atomic mass is 10.1. The van der Waals surface area contributed by atoms with E-state index in [1.807, 2.05) is 6.92 Å². The topological polar surface area (TPSA) is 66.5 Å². The van der Waals surface area contributed by atoms with Crippen LogP contribution in [-0.2, 0) is 16.6 Å². The summed E-state index contributed by atoms with van der Waals surface area (Å²) in [4.78, 5) is 12.0. The van der Waals surface area contributed by atoms with Gasteiger partial charge in [0.15, 0.2) is 0 Å². The number of unbranched alkanes of at least 4 members (excludes halogenated alkanes) is 1. The number of carbonyl (C=O) groups excluding carboxylic acids is 1. The molecule has 1 amide bonds. The molecule has 0 unspecified atom stereocenters. The van der Waals surface area contributed by atoms with Crippen LogP contribution in [0.4, 0.5) is 10.1 Å². The maximum Gasteiger partial charge on any atom is 0.251 e. The number of carbonyl (C=O) groups is 1. The van der Waals surface area contributed by atoms with Crippen LogP contribution in [0.1, 0.15) is 35.7 Å². The number of nitrogens with one attached hydrogen (secondary N) is 1. The van der Waals surface area contributed by atoms with Gasteiger partial charge in [-0.2, -0.15) is 0 Å². The Hall–Kier alpha value is -2.41. The zero-order valence-electron chi connectivity index (χ0n) is 14.9. The van der Waals surface area contributed by atoms with E-state index in [1.165, 1.54) is 6.07 Å². The lowest BCUT2D eigenvalue weighted by Crippen LogP contribution is -2.30. The second-order valence-electron chi connectivity index (χ2n) is 6.02. The highest BCUT2D eigenvalue weighted by atomic mass is 32.2. The Morgan fingerprint density at radius 2 is 1.77 bits per heavy atom. The second kappa shape index (κ2) is 8.80. The molecule has 0 bridgehead atoms. The second-order valence-corrected chi connectivity index (χ2v) is 7.92. The van der Waals surface area contributed by atoms with Crippen LogP contribution in [-0.4, -0.2) is 27.1 Å². The standard InChI is InChI=1S/C19H23FN2O3S/c1-3-4-13-21-19(23)15-9-11-17(12-10-15)22(26(2,24)25)14-16-7-5-6-8-18(16)20/h5-12H,3-4,13-14H2,1-2H3,(H,21,23). The first-order valence-corrected chi connectivity index (χ1v) is 10.3. The number of rotatable bonds is 8. The third-order valence-corrected chi connectivity index (χ3v) is 5.05. The number of anilines is 1. The van der Waals surface area contributed by atoms with Crippen molar-refractivity contribution in [1.29, 1.82) is 0 Å². The summed E-state index contributed by atoms with van der Waals surface area (Å²) < 4.78 is 39.3. The Labute approximate surface area is 153 Å². The van der Waals surface area contributed by atoms with Gasteiger partial charge in [0.2, 0.25) is 10.0 Å². The summed E-state index contributed by atoms with van der Waals surface area (Å²) in [5, 5.41) is 2.81. The van der Waals surface area contributed by atoms with Crippen molar-refractivity contribution in [2.24, 2.45) is 0 Å². The number of sulfonamides is 1. The Kier molecular flexibility index (Phi) is 6.74. The summed E-state index contributed by atoms with van der Waals surface area (Å²) >= 11 is 0. The monoisotopic (exact) mass is 378 g/mol. The predicted octanol–water partition coefficient (Wildman–Crippen LogP) is 3.32. The lowest BCUT2D eigenvalue weighted by molar-refractivity contribution is 0.0953. The van der Waals surface area contributed by atoms with Gasteiger partial charge in [-0.15, -0.1) is 0 Å². The van der Waals surface area contributed by atoms with Crippen molar-refractivity contribution in [1.82, 2.24) is 5.32 Å². The fraction of sp³-hybridized carbons (Fsp3) is 0.316. The highest BCUT2D eigenvalue weighted by Gasteiger charge is 2.19. The predicted molar refractivity (Wildman–Crippen MR) is 101 cm³/mol. The molecule has 0 aromatic heterocycles. The van der Waals surface area contributed by atoms with E-state index in [-0.39, 0.29) is 18.0 Å². The third-order valence-electron chi connectivity index (χ3n) is 3.91. The molecule has 0 atom stereocenters. The molecule has 2 aromatic rings. The molecule has 2 aromatic carbocycles. The fourth-order valence-electron chi connectivity index (χ4n) is 2.44. The van der Waals surface area contributed by atoms with Gasteiger partial charge in [0.05, 0.1) is 18.5 Å². The molecule has 0 radical (unpaired) electrons. The van der Waals surface area contributed by atoms with Crippen LogP contribution in [0.15, 0.2) is 48.5 Å². The average Bonchev–Trinajstić information content (AvgIpc) is 2.60. The van der Waals surface area contributed by atoms with Crippen molar-refractivity contribution in [2.45, 2.75) is 26.3 Å². The Bertz CT molecular complexity index is 851. The van der Waals surface area contributed by atoms with E-state index in [1.54, 1.807) is 42.5 Å². The van der Waals surface area contributed by atoms with Gasteiger partial charge in [0, 0.05) is 17.7 Å². The fourth-order valence-corrected chi connectivity index (χ4v) is 3.32. The van der Waals surface area contributed by atoms with Crippen molar-refractivity contribution in [3.63, 3.8) is 0 Å². The van der Waals surface area contributed by atoms with Crippen molar-refractivity contribution >= 4 is 21.6 Å². The van der Waals surface area contributed by atoms with Crippen LogP contribution < -0.4 is 9.62 Å². The Morgan fingerprint density at radius 1 is 1.12 bits per heavy atom. The molecule has 0 saturated heterocycles. The largest absolute Gasteiger partial charge is 0.352 e. The number of nitrogens with zero attached hydrogens (tertiary/aromatic N) is 1. The van der Waals surface area contributed by atoms with Crippen LogP contribution >= 0.6 is 0 Å². The van der Waals surface area contributed by atoms with Crippen molar-refractivity contribution in [3.05, 3.63) is 65.5 Å². The molecular formula is C19H23FN2O3S. The Morgan fingerprint density at radius 3 is 2.35 bits per heavy atom. The number of benzene rings is 2. The van der Waals surface area contributed by atoms with E-state index in [4.69, 9.17) is 0 Å². The normalized spacial score (nSPS) is 11.2. The molecule has 2 rings (SSSR count). The minimum Gasteiger partial charge on any atom is -0.352 e. The van der Waals surface area contributed by atoms with Crippen LogP contribution in [0.3, 0.4) is 0 Å². The Balaban J connectivity index is 2.21. The molecule has 5 nitrogen and oxygen atoms in total. The van der Waals surface area contributed by atoms with Crippen molar-refractivity contribution in [3.8, 4) is 0 Å². The van der Waals surface area contributed by atoms with Gasteiger partial charge in [-0.25, -0.2) is 12.8 Å². The minimum absolute atomic E-state index is 0.118. The van der Waals surface area contributed by atoms with E-state index in [2.05, 4.69) is 5.32 Å². The molecule has 7 heteroatoms. The zero-order chi connectivity index (χ0) is 19.2. The van der Waals surface area contributed by atoms with E-state index in [9.17, 15) is 17.6 Å². The first-order valence-electron chi connectivity index (χ1n) is 8.42. The molecule has 26 heavy (non-hydrogen) atoms. The number of hydrogen-bond donors (Lipinski definition) is 1. The average molecular weight is 378 g/mol. The summed E-state index contributed by atoms with van der Waals surface area (Å²) in [6.45, 7) is 2.52. The van der Waals surface area contributed by atoms with Crippen LogP contribution in [0.25, 0.3) is 0 Å². The number of hydrogen-bond acceptors (Lipinski definition) is 3. The van der Waals surface area contributed by atoms with Gasteiger partial charge >= 0.3 is 0 Å². The van der Waals surface area contributed by atoms with Gasteiger partial charge in [-0.05, 0) is 36.8 Å².